The van der Waals surface area contributed by atoms with Crippen molar-refractivity contribution in [3.05, 3.63) is 0 Å². The van der Waals surface area contributed by atoms with Gasteiger partial charge in [0.25, 0.3) is 0 Å². The molecule has 0 aromatic heterocycles. The molecule has 0 saturated carbocycles. The van der Waals surface area contributed by atoms with E-state index in [1.807, 2.05) is 23.8 Å². The molecule has 0 aromatic rings. The van der Waals surface area contributed by atoms with Gasteiger partial charge in [-0.2, -0.15) is 0 Å². The van der Waals surface area contributed by atoms with Gasteiger partial charge in [-0.3, -0.25) is 4.90 Å². The Hall–Kier alpha value is -0.770. The second-order valence-electron chi connectivity index (χ2n) is 5.30. The van der Waals surface area contributed by atoms with Gasteiger partial charge < -0.3 is 9.80 Å². The Balaban J connectivity index is 1.99. The van der Waals surface area contributed by atoms with Crippen LogP contribution in [0, 0.1) is 5.92 Å². The van der Waals surface area contributed by atoms with E-state index in [2.05, 4.69) is 11.8 Å². The molecule has 0 spiro atoms. The average molecular weight is 239 g/mol. The van der Waals surface area contributed by atoms with Crippen molar-refractivity contribution in [2.24, 2.45) is 5.92 Å². The molecule has 2 amide bonds. The molecule has 0 radical (unpaired) electrons. The van der Waals surface area contributed by atoms with Crippen LogP contribution in [0.5, 0.6) is 0 Å². The summed E-state index contributed by atoms with van der Waals surface area (Å²) in [5.41, 5.74) is 0. The van der Waals surface area contributed by atoms with Crippen LogP contribution in [0.3, 0.4) is 0 Å². The Morgan fingerprint density at radius 2 is 2.12 bits per heavy atom. The molecule has 4 heteroatoms. The van der Waals surface area contributed by atoms with Crippen molar-refractivity contribution in [1.82, 2.24) is 14.7 Å². The highest BCUT2D eigenvalue weighted by Gasteiger charge is 2.40. The van der Waals surface area contributed by atoms with Crippen LogP contribution in [0.25, 0.3) is 0 Å². The maximum atomic E-state index is 12.1. The molecule has 17 heavy (non-hydrogen) atoms. The maximum Gasteiger partial charge on any atom is 0.319 e. The van der Waals surface area contributed by atoms with E-state index in [-0.39, 0.29) is 6.03 Å². The minimum atomic E-state index is 0.206. The van der Waals surface area contributed by atoms with Crippen molar-refractivity contribution in [2.45, 2.75) is 32.7 Å². The number of rotatable bonds is 2. The van der Waals surface area contributed by atoms with Crippen LogP contribution < -0.4 is 0 Å². The first-order valence-corrected chi connectivity index (χ1v) is 6.91. The normalized spacial score (nSPS) is 29.2. The molecule has 2 atom stereocenters. The fourth-order valence-electron chi connectivity index (χ4n) is 3.20. The number of fused-ring (bicyclic) bond motifs is 1. The van der Waals surface area contributed by atoms with E-state index in [0.717, 1.165) is 26.2 Å². The first-order valence-electron chi connectivity index (χ1n) is 6.91. The molecule has 2 heterocycles. The summed E-state index contributed by atoms with van der Waals surface area (Å²) in [6.07, 6.45) is 2.58. The smallest absolute Gasteiger partial charge is 0.319 e. The summed E-state index contributed by atoms with van der Waals surface area (Å²) in [5, 5.41) is 0. The van der Waals surface area contributed by atoms with Gasteiger partial charge >= 0.3 is 6.03 Å². The first-order chi connectivity index (χ1) is 8.17. The average Bonchev–Trinajstić information content (AvgIpc) is 2.80. The Kier molecular flexibility index (Phi) is 3.92. The van der Waals surface area contributed by atoms with Crippen LogP contribution in [0.4, 0.5) is 4.79 Å². The van der Waals surface area contributed by atoms with Gasteiger partial charge in [0.1, 0.15) is 0 Å². The predicted octanol–water partition coefficient (Wildman–Crippen LogP) is 1.47. The van der Waals surface area contributed by atoms with Gasteiger partial charge in [-0.1, -0.05) is 6.92 Å². The summed E-state index contributed by atoms with van der Waals surface area (Å²) in [5.74, 6) is 0.706. The molecule has 2 aliphatic heterocycles. The fraction of sp³-hybridized carbons (Fsp3) is 0.923. The van der Waals surface area contributed by atoms with Gasteiger partial charge in [-0.05, 0) is 38.8 Å². The molecule has 0 bridgehead atoms. The lowest BCUT2D eigenvalue weighted by molar-refractivity contribution is 0.130. The Morgan fingerprint density at radius 3 is 2.76 bits per heavy atom. The van der Waals surface area contributed by atoms with Crippen molar-refractivity contribution < 1.29 is 4.79 Å². The second-order valence-corrected chi connectivity index (χ2v) is 5.30. The number of amides is 2. The number of carbonyl (C=O) groups is 1. The topological polar surface area (TPSA) is 26.8 Å². The highest BCUT2D eigenvalue weighted by atomic mass is 16.2. The van der Waals surface area contributed by atoms with Crippen molar-refractivity contribution in [1.29, 1.82) is 0 Å². The Bertz CT molecular complexity index is 282. The Labute approximate surface area is 105 Å². The predicted molar refractivity (Wildman–Crippen MR) is 69.0 cm³/mol. The highest BCUT2D eigenvalue weighted by molar-refractivity contribution is 5.74. The molecule has 0 aliphatic carbocycles. The van der Waals surface area contributed by atoms with Gasteiger partial charge in [0, 0.05) is 32.7 Å². The summed E-state index contributed by atoms with van der Waals surface area (Å²) in [7, 11) is 1.89. The number of piperidine rings is 1. The van der Waals surface area contributed by atoms with E-state index >= 15 is 0 Å². The van der Waals surface area contributed by atoms with Crippen molar-refractivity contribution >= 4 is 6.03 Å². The van der Waals surface area contributed by atoms with E-state index in [1.165, 1.54) is 19.4 Å². The minimum Gasteiger partial charge on any atom is -0.328 e. The molecule has 2 unspecified atom stereocenters. The lowest BCUT2D eigenvalue weighted by Crippen LogP contribution is -2.45. The van der Waals surface area contributed by atoms with E-state index in [0.29, 0.717) is 12.0 Å². The summed E-state index contributed by atoms with van der Waals surface area (Å²) < 4.78 is 0. The third kappa shape index (κ3) is 2.41. The van der Waals surface area contributed by atoms with Gasteiger partial charge in [0.15, 0.2) is 0 Å². The third-order valence-corrected chi connectivity index (χ3v) is 4.37. The van der Waals surface area contributed by atoms with Gasteiger partial charge in [0.2, 0.25) is 0 Å². The largest absolute Gasteiger partial charge is 0.328 e. The molecular weight excluding hydrogens is 214 g/mol. The van der Waals surface area contributed by atoms with E-state index in [4.69, 9.17) is 0 Å². The quantitative estimate of drug-likeness (QED) is 0.729. The zero-order chi connectivity index (χ0) is 12.4. The number of likely N-dealkylation sites (tertiary alicyclic amines) is 2. The molecule has 0 aromatic carbocycles. The van der Waals surface area contributed by atoms with Crippen LogP contribution in [0.1, 0.15) is 26.7 Å². The monoisotopic (exact) mass is 239 g/mol. The summed E-state index contributed by atoms with van der Waals surface area (Å²) in [6.45, 7) is 9.27. The molecule has 2 saturated heterocycles. The molecule has 98 valence electrons. The SMILES string of the molecule is CCN(C)C(=O)N1CC2CCCN(CC)C2C1. The first kappa shape index (κ1) is 12.7. The summed E-state index contributed by atoms with van der Waals surface area (Å²) in [4.78, 5) is 18.6. The lowest BCUT2D eigenvalue weighted by Gasteiger charge is -2.35. The van der Waals surface area contributed by atoms with Crippen molar-refractivity contribution in [2.75, 3.05) is 39.8 Å². The van der Waals surface area contributed by atoms with Crippen LogP contribution >= 0.6 is 0 Å². The molecular formula is C13H25N3O. The number of urea groups is 1. The maximum absolute atomic E-state index is 12.1. The zero-order valence-electron chi connectivity index (χ0n) is 11.4. The number of hydrogen-bond donors (Lipinski definition) is 0. The van der Waals surface area contributed by atoms with Crippen LogP contribution in [0.2, 0.25) is 0 Å². The molecule has 2 rings (SSSR count). The van der Waals surface area contributed by atoms with Crippen LogP contribution in [-0.2, 0) is 0 Å². The molecule has 2 fully saturated rings. The number of carbonyl (C=O) groups excluding carboxylic acids is 1. The molecule has 4 nitrogen and oxygen atoms in total. The molecule has 0 N–H and O–H groups in total. The van der Waals surface area contributed by atoms with Gasteiger partial charge in [-0.25, -0.2) is 4.79 Å². The Morgan fingerprint density at radius 1 is 1.35 bits per heavy atom. The number of hydrogen-bond acceptors (Lipinski definition) is 2. The highest BCUT2D eigenvalue weighted by Crippen LogP contribution is 2.30. The van der Waals surface area contributed by atoms with Crippen molar-refractivity contribution in [3.63, 3.8) is 0 Å². The summed E-state index contributed by atoms with van der Waals surface area (Å²) >= 11 is 0. The minimum absolute atomic E-state index is 0.206. The zero-order valence-corrected chi connectivity index (χ0v) is 11.4. The second kappa shape index (κ2) is 5.25. The van der Waals surface area contributed by atoms with Gasteiger partial charge in [-0.15, -0.1) is 0 Å². The van der Waals surface area contributed by atoms with Crippen LogP contribution in [-0.4, -0.2) is 66.5 Å². The van der Waals surface area contributed by atoms with E-state index in [9.17, 15) is 4.79 Å². The van der Waals surface area contributed by atoms with E-state index in [1.54, 1.807) is 0 Å². The van der Waals surface area contributed by atoms with Gasteiger partial charge in [0.05, 0.1) is 0 Å². The standard InChI is InChI=1S/C13H25N3O/c1-4-14(3)13(17)16-9-11-7-6-8-15(5-2)12(11)10-16/h11-12H,4-10H2,1-3H3. The van der Waals surface area contributed by atoms with Crippen LogP contribution in [0.15, 0.2) is 0 Å². The lowest BCUT2D eigenvalue weighted by atomic mass is 9.92. The third-order valence-electron chi connectivity index (χ3n) is 4.37. The fourth-order valence-corrected chi connectivity index (χ4v) is 3.20. The van der Waals surface area contributed by atoms with E-state index < -0.39 is 0 Å². The number of nitrogens with zero attached hydrogens (tertiary/aromatic N) is 3. The summed E-state index contributed by atoms with van der Waals surface area (Å²) in [6, 6.07) is 0.820. The number of likely N-dealkylation sites (N-methyl/N-ethyl adjacent to an activating group) is 1. The molecule has 2 aliphatic rings. The van der Waals surface area contributed by atoms with Crippen molar-refractivity contribution in [3.8, 4) is 0 Å².